The fraction of sp³-hybridized carbons (Fsp3) is 0.150. The molecule has 142 valence electrons. The molecule has 0 unspecified atom stereocenters. The van der Waals surface area contributed by atoms with Crippen molar-refractivity contribution in [3.8, 4) is 10.6 Å². The van der Waals surface area contributed by atoms with Crippen molar-refractivity contribution in [3.05, 3.63) is 75.2 Å². The molecule has 0 saturated heterocycles. The number of hydrogen-bond acceptors (Lipinski definition) is 6. The lowest BCUT2D eigenvalue weighted by atomic mass is 10.2. The number of para-hydroxylation sites is 2. The van der Waals surface area contributed by atoms with E-state index in [9.17, 15) is 9.59 Å². The second kappa shape index (κ2) is 8.00. The van der Waals surface area contributed by atoms with Crippen LogP contribution < -0.4 is 5.76 Å². The molecule has 0 saturated carbocycles. The highest BCUT2D eigenvalue weighted by Gasteiger charge is 2.14. The van der Waals surface area contributed by atoms with Crippen molar-refractivity contribution in [1.82, 2.24) is 9.55 Å². The van der Waals surface area contributed by atoms with Gasteiger partial charge in [0.1, 0.15) is 5.01 Å². The molecule has 0 radical (unpaired) electrons. The van der Waals surface area contributed by atoms with Gasteiger partial charge in [0.15, 0.2) is 11.3 Å². The molecule has 2 aromatic heterocycles. The van der Waals surface area contributed by atoms with Gasteiger partial charge in [-0.15, -0.1) is 11.3 Å². The minimum absolute atomic E-state index is 0.175. The van der Waals surface area contributed by atoms with Crippen molar-refractivity contribution in [1.29, 1.82) is 0 Å². The number of hydrogen-bond donors (Lipinski definition) is 0. The smallest absolute Gasteiger partial charge is 0.419 e. The van der Waals surface area contributed by atoms with Crippen LogP contribution in [0.4, 0.5) is 0 Å². The average molecular weight is 415 g/mol. The molecule has 28 heavy (non-hydrogen) atoms. The minimum atomic E-state index is -0.492. The highest BCUT2D eigenvalue weighted by atomic mass is 35.5. The molecule has 2 aromatic carbocycles. The Labute approximate surface area is 169 Å². The van der Waals surface area contributed by atoms with Crippen LogP contribution in [0.25, 0.3) is 21.7 Å². The van der Waals surface area contributed by atoms with Gasteiger partial charge in [-0.1, -0.05) is 35.9 Å². The topological polar surface area (TPSA) is 74.3 Å². The summed E-state index contributed by atoms with van der Waals surface area (Å²) in [6, 6.07) is 14.5. The number of carbonyl (C=O) groups excluding carboxylic acids is 1. The number of rotatable bonds is 6. The van der Waals surface area contributed by atoms with Crippen LogP contribution in [0, 0.1) is 0 Å². The maximum absolute atomic E-state index is 12.2. The monoisotopic (exact) mass is 414 g/mol. The fourth-order valence-corrected chi connectivity index (χ4v) is 3.79. The Kier molecular flexibility index (Phi) is 5.27. The highest BCUT2D eigenvalue weighted by molar-refractivity contribution is 7.13. The van der Waals surface area contributed by atoms with Crippen LogP contribution in [0.3, 0.4) is 0 Å². The van der Waals surface area contributed by atoms with E-state index in [4.69, 9.17) is 20.8 Å². The SMILES string of the molecule is O=C(OCCCn1c(=O)oc2ccccc21)c1csc(-c2cccc(Cl)c2)n1. The number of aryl methyl sites for hydroxylation is 1. The van der Waals surface area contributed by atoms with Gasteiger partial charge < -0.3 is 9.15 Å². The summed E-state index contributed by atoms with van der Waals surface area (Å²) in [6.45, 7) is 0.572. The van der Waals surface area contributed by atoms with E-state index in [2.05, 4.69) is 4.98 Å². The second-order valence-corrected chi connectivity index (χ2v) is 7.32. The van der Waals surface area contributed by atoms with Crippen LogP contribution >= 0.6 is 22.9 Å². The number of fused-ring (bicyclic) bond motifs is 1. The molecule has 0 N–H and O–H groups in total. The predicted octanol–water partition coefficient (Wildman–Crippen LogP) is 4.62. The van der Waals surface area contributed by atoms with E-state index in [-0.39, 0.29) is 12.3 Å². The third-order valence-corrected chi connectivity index (χ3v) is 5.24. The molecule has 2 heterocycles. The number of benzene rings is 2. The quantitative estimate of drug-likeness (QED) is 0.340. The summed E-state index contributed by atoms with van der Waals surface area (Å²) < 4.78 is 12.0. The molecule has 4 rings (SSSR count). The summed E-state index contributed by atoms with van der Waals surface area (Å²) >= 11 is 7.34. The number of nitrogens with zero attached hydrogens (tertiary/aromatic N) is 2. The summed E-state index contributed by atoms with van der Waals surface area (Å²) in [4.78, 5) is 28.4. The zero-order chi connectivity index (χ0) is 19.5. The van der Waals surface area contributed by atoms with Gasteiger partial charge in [0.05, 0.1) is 12.1 Å². The Morgan fingerprint density at radius 2 is 2.07 bits per heavy atom. The van der Waals surface area contributed by atoms with Crippen LogP contribution in [0.5, 0.6) is 0 Å². The molecule has 0 aliphatic heterocycles. The van der Waals surface area contributed by atoms with E-state index in [1.165, 1.54) is 15.9 Å². The zero-order valence-corrected chi connectivity index (χ0v) is 16.2. The normalized spacial score (nSPS) is 11.0. The molecule has 0 aliphatic rings. The van der Waals surface area contributed by atoms with Crippen LogP contribution in [0.15, 0.2) is 63.1 Å². The summed E-state index contributed by atoms with van der Waals surface area (Å²) in [5, 5.41) is 2.97. The zero-order valence-electron chi connectivity index (χ0n) is 14.6. The molecule has 0 aliphatic carbocycles. The Balaban J connectivity index is 1.35. The molecular formula is C20H15ClN2O4S. The van der Waals surface area contributed by atoms with Gasteiger partial charge in [-0.25, -0.2) is 14.6 Å². The maximum Gasteiger partial charge on any atom is 0.419 e. The second-order valence-electron chi connectivity index (χ2n) is 6.03. The van der Waals surface area contributed by atoms with Gasteiger partial charge in [-0.05, 0) is 30.7 Å². The number of esters is 1. The Bertz CT molecular complexity index is 1190. The third kappa shape index (κ3) is 3.85. The van der Waals surface area contributed by atoms with Crippen LogP contribution in [-0.4, -0.2) is 22.1 Å². The number of aromatic nitrogens is 2. The van der Waals surface area contributed by atoms with E-state index in [0.717, 1.165) is 11.1 Å². The Morgan fingerprint density at radius 3 is 2.93 bits per heavy atom. The first-order valence-corrected chi connectivity index (χ1v) is 9.84. The fourth-order valence-electron chi connectivity index (χ4n) is 2.81. The molecule has 0 bridgehead atoms. The van der Waals surface area contributed by atoms with Crippen LogP contribution in [0.1, 0.15) is 16.9 Å². The molecule has 0 fully saturated rings. The van der Waals surface area contributed by atoms with Crippen molar-refractivity contribution >= 4 is 40.0 Å². The molecule has 8 heteroatoms. The van der Waals surface area contributed by atoms with Gasteiger partial charge in [0.2, 0.25) is 0 Å². The Hall–Kier alpha value is -2.90. The van der Waals surface area contributed by atoms with Crippen LogP contribution in [0.2, 0.25) is 5.02 Å². The highest BCUT2D eigenvalue weighted by Crippen LogP contribution is 2.26. The lowest BCUT2D eigenvalue weighted by Crippen LogP contribution is -2.16. The van der Waals surface area contributed by atoms with E-state index < -0.39 is 11.7 Å². The summed E-state index contributed by atoms with van der Waals surface area (Å²) in [7, 11) is 0. The Morgan fingerprint density at radius 1 is 1.21 bits per heavy atom. The third-order valence-electron chi connectivity index (χ3n) is 4.12. The van der Waals surface area contributed by atoms with Crippen molar-refractivity contribution < 1.29 is 13.9 Å². The van der Waals surface area contributed by atoms with E-state index in [0.29, 0.717) is 28.6 Å². The van der Waals surface area contributed by atoms with Gasteiger partial charge >= 0.3 is 11.7 Å². The van der Waals surface area contributed by atoms with Gasteiger partial charge in [-0.3, -0.25) is 4.57 Å². The first-order chi connectivity index (χ1) is 13.6. The molecule has 6 nitrogen and oxygen atoms in total. The maximum atomic E-state index is 12.2. The van der Waals surface area contributed by atoms with Crippen molar-refractivity contribution in [2.24, 2.45) is 0 Å². The number of carbonyl (C=O) groups is 1. The molecule has 0 spiro atoms. The van der Waals surface area contributed by atoms with Crippen LogP contribution in [-0.2, 0) is 11.3 Å². The molecule has 0 atom stereocenters. The number of ether oxygens (including phenoxy) is 1. The predicted molar refractivity (Wildman–Crippen MR) is 108 cm³/mol. The van der Waals surface area contributed by atoms with Gasteiger partial charge in [0.25, 0.3) is 0 Å². The number of thiazole rings is 1. The number of halogens is 1. The minimum Gasteiger partial charge on any atom is -0.461 e. The van der Waals surface area contributed by atoms with E-state index in [1.54, 1.807) is 23.6 Å². The summed E-state index contributed by atoms with van der Waals surface area (Å²) in [5.74, 6) is -0.910. The first kappa shape index (κ1) is 18.5. The first-order valence-electron chi connectivity index (χ1n) is 8.59. The van der Waals surface area contributed by atoms with Crippen molar-refractivity contribution in [3.63, 3.8) is 0 Å². The summed E-state index contributed by atoms with van der Waals surface area (Å²) in [5.41, 5.74) is 2.37. The molecular weight excluding hydrogens is 400 g/mol. The van der Waals surface area contributed by atoms with E-state index in [1.807, 2.05) is 30.3 Å². The average Bonchev–Trinajstić information content (AvgIpc) is 3.30. The van der Waals surface area contributed by atoms with Crippen molar-refractivity contribution in [2.75, 3.05) is 6.61 Å². The van der Waals surface area contributed by atoms with E-state index >= 15 is 0 Å². The number of oxazole rings is 1. The van der Waals surface area contributed by atoms with Crippen molar-refractivity contribution in [2.45, 2.75) is 13.0 Å². The lowest BCUT2D eigenvalue weighted by molar-refractivity contribution is 0.0490. The largest absolute Gasteiger partial charge is 0.461 e. The standard InChI is InChI=1S/C20H15ClN2O4S/c21-14-6-3-5-13(11-14)18-22-15(12-28-18)19(24)26-10-4-9-23-16-7-1-2-8-17(16)27-20(23)25/h1-3,5-8,11-12H,4,9-10H2. The van der Waals surface area contributed by atoms with Gasteiger partial charge in [-0.2, -0.15) is 0 Å². The molecule has 0 amide bonds. The summed E-state index contributed by atoms with van der Waals surface area (Å²) in [6.07, 6.45) is 0.487. The molecule has 4 aromatic rings. The lowest BCUT2D eigenvalue weighted by Gasteiger charge is -2.04. The van der Waals surface area contributed by atoms with Gasteiger partial charge in [0, 0.05) is 22.5 Å².